The first kappa shape index (κ1) is 14.3. The molecule has 0 bridgehead atoms. The van der Waals surface area contributed by atoms with Gasteiger partial charge in [-0.25, -0.2) is 0 Å². The minimum atomic E-state index is 0.391. The van der Waals surface area contributed by atoms with Gasteiger partial charge in [-0.05, 0) is 54.8 Å². The molecule has 2 atom stereocenters. The minimum absolute atomic E-state index is 0.391. The molecule has 1 N–H and O–H groups in total. The summed E-state index contributed by atoms with van der Waals surface area (Å²) in [6.45, 7) is 4.77. The number of rotatable bonds is 4. The fraction of sp³-hybridized carbons (Fsp3) is 0.400. The second kappa shape index (κ2) is 6.44. The van der Waals surface area contributed by atoms with Gasteiger partial charge in [-0.3, -0.25) is 0 Å². The molecule has 1 heteroatoms. The van der Waals surface area contributed by atoms with Crippen molar-refractivity contribution in [2.45, 2.75) is 26.2 Å². The summed E-state index contributed by atoms with van der Waals surface area (Å²) in [6, 6.07) is 21.9. The van der Waals surface area contributed by atoms with E-state index in [1.54, 1.807) is 0 Å². The number of benzene rings is 2. The van der Waals surface area contributed by atoms with Crippen LogP contribution in [0.4, 0.5) is 0 Å². The van der Waals surface area contributed by atoms with Crippen LogP contribution in [0, 0.1) is 11.3 Å². The van der Waals surface area contributed by atoms with Gasteiger partial charge in [0.25, 0.3) is 0 Å². The highest BCUT2D eigenvalue weighted by atomic mass is 14.9. The Labute approximate surface area is 128 Å². The summed E-state index contributed by atoms with van der Waals surface area (Å²) in [7, 11) is 0. The van der Waals surface area contributed by atoms with E-state index < -0.39 is 0 Å². The highest BCUT2D eigenvalue weighted by Crippen LogP contribution is 2.38. The van der Waals surface area contributed by atoms with Gasteiger partial charge in [0, 0.05) is 0 Å². The van der Waals surface area contributed by atoms with Crippen LogP contribution in [-0.4, -0.2) is 13.1 Å². The number of piperidine rings is 1. The molecule has 2 aromatic carbocycles. The van der Waals surface area contributed by atoms with Crippen molar-refractivity contribution < 1.29 is 0 Å². The Morgan fingerprint density at radius 2 is 1.57 bits per heavy atom. The highest BCUT2D eigenvalue weighted by Gasteiger charge is 2.36. The topological polar surface area (TPSA) is 12.0 Å². The first-order valence-electron chi connectivity index (χ1n) is 8.05. The van der Waals surface area contributed by atoms with Gasteiger partial charge in [-0.15, -0.1) is 0 Å². The molecule has 3 rings (SSSR count). The van der Waals surface area contributed by atoms with Crippen molar-refractivity contribution in [3.8, 4) is 0 Å². The van der Waals surface area contributed by atoms with Gasteiger partial charge in [0.15, 0.2) is 0 Å². The van der Waals surface area contributed by atoms with E-state index in [4.69, 9.17) is 0 Å². The quantitative estimate of drug-likeness (QED) is 0.889. The molecule has 1 saturated heterocycles. The largest absolute Gasteiger partial charge is 0.316 e. The van der Waals surface area contributed by atoms with Gasteiger partial charge in [-0.2, -0.15) is 0 Å². The molecule has 1 heterocycles. The fourth-order valence-electron chi connectivity index (χ4n) is 3.61. The molecule has 1 aliphatic heterocycles. The van der Waals surface area contributed by atoms with Crippen molar-refractivity contribution in [3.05, 3.63) is 71.8 Å². The molecule has 2 aromatic rings. The average molecular weight is 279 g/mol. The molecule has 0 aromatic heterocycles. The zero-order valence-corrected chi connectivity index (χ0v) is 12.9. The van der Waals surface area contributed by atoms with Crippen molar-refractivity contribution >= 4 is 0 Å². The third kappa shape index (κ3) is 3.54. The fourth-order valence-corrected chi connectivity index (χ4v) is 3.61. The van der Waals surface area contributed by atoms with Gasteiger partial charge in [0.2, 0.25) is 0 Å². The predicted molar refractivity (Wildman–Crippen MR) is 89.4 cm³/mol. The summed E-state index contributed by atoms with van der Waals surface area (Å²) in [6.07, 6.45) is 3.63. The third-order valence-corrected chi connectivity index (χ3v) is 5.02. The van der Waals surface area contributed by atoms with Gasteiger partial charge >= 0.3 is 0 Å². The molecule has 0 radical (unpaired) electrons. The SMILES string of the molecule is CC1(Cc2ccccc2)CCNCC1Cc1ccccc1. The van der Waals surface area contributed by atoms with Crippen LogP contribution < -0.4 is 5.32 Å². The van der Waals surface area contributed by atoms with Gasteiger partial charge in [0.1, 0.15) is 0 Å². The van der Waals surface area contributed by atoms with Gasteiger partial charge in [0.05, 0.1) is 0 Å². The van der Waals surface area contributed by atoms with Gasteiger partial charge < -0.3 is 5.32 Å². The Balaban J connectivity index is 1.77. The third-order valence-electron chi connectivity index (χ3n) is 5.02. The van der Waals surface area contributed by atoms with Crippen molar-refractivity contribution in [2.75, 3.05) is 13.1 Å². The molecule has 1 aliphatic rings. The summed E-state index contributed by atoms with van der Waals surface area (Å²) in [5.74, 6) is 0.703. The lowest BCUT2D eigenvalue weighted by Gasteiger charge is -2.42. The molecule has 0 spiro atoms. The molecule has 0 amide bonds. The van der Waals surface area contributed by atoms with Gasteiger partial charge in [-0.1, -0.05) is 67.6 Å². The predicted octanol–water partition coefficient (Wildman–Crippen LogP) is 4.09. The summed E-state index contributed by atoms with van der Waals surface area (Å²) >= 11 is 0. The zero-order chi connectivity index (χ0) is 14.5. The maximum Gasteiger partial charge on any atom is -0.00120 e. The standard InChI is InChI=1S/C20H25N/c1-20(15-18-10-6-3-7-11-18)12-13-21-16-19(20)14-17-8-4-2-5-9-17/h2-11,19,21H,12-16H2,1H3. The first-order valence-corrected chi connectivity index (χ1v) is 8.05. The molecular weight excluding hydrogens is 254 g/mol. The molecular formula is C20H25N. The van der Waals surface area contributed by atoms with E-state index in [0.717, 1.165) is 13.1 Å². The Hall–Kier alpha value is -1.60. The lowest BCUT2D eigenvalue weighted by molar-refractivity contribution is 0.129. The molecule has 0 saturated carbocycles. The monoisotopic (exact) mass is 279 g/mol. The van der Waals surface area contributed by atoms with Crippen molar-refractivity contribution in [3.63, 3.8) is 0 Å². The van der Waals surface area contributed by atoms with E-state index in [1.807, 2.05) is 0 Å². The summed E-state index contributed by atoms with van der Waals surface area (Å²) in [4.78, 5) is 0. The Kier molecular flexibility index (Phi) is 4.40. The van der Waals surface area contributed by atoms with Crippen LogP contribution in [0.5, 0.6) is 0 Å². The normalized spacial score (nSPS) is 25.7. The van der Waals surface area contributed by atoms with Crippen LogP contribution in [-0.2, 0) is 12.8 Å². The second-order valence-corrected chi connectivity index (χ2v) is 6.66. The maximum atomic E-state index is 3.60. The molecule has 0 aliphatic carbocycles. The van der Waals surface area contributed by atoms with E-state index in [1.165, 1.54) is 30.4 Å². The number of hydrogen-bond acceptors (Lipinski definition) is 1. The Morgan fingerprint density at radius 3 is 2.24 bits per heavy atom. The smallest absolute Gasteiger partial charge is 0.00120 e. The molecule has 2 unspecified atom stereocenters. The van der Waals surface area contributed by atoms with Crippen LogP contribution in [0.3, 0.4) is 0 Å². The molecule has 1 nitrogen and oxygen atoms in total. The van der Waals surface area contributed by atoms with Crippen LogP contribution >= 0.6 is 0 Å². The number of nitrogens with one attached hydrogen (secondary N) is 1. The second-order valence-electron chi connectivity index (χ2n) is 6.66. The molecule has 110 valence electrons. The summed E-state index contributed by atoms with van der Waals surface area (Å²) in [5, 5.41) is 3.60. The van der Waals surface area contributed by atoms with E-state index in [0.29, 0.717) is 11.3 Å². The lowest BCUT2D eigenvalue weighted by Crippen LogP contribution is -2.45. The van der Waals surface area contributed by atoms with Crippen LogP contribution in [0.15, 0.2) is 60.7 Å². The molecule has 21 heavy (non-hydrogen) atoms. The minimum Gasteiger partial charge on any atom is -0.316 e. The van der Waals surface area contributed by atoms with E-state index in [2.05, 4.69) is 72.9 Å². The van der Waals surface area contributed by atoms with Crippen molar-refractivity contribution in [1.29, 1.82) is 0 Å². The van der Waals surface area contributed by atoms with Crippen molar-refractivity contribution in [1.82, 2.24) is 5.32 Å². The lowest BCUT2D eigenvalue weighted by atomic mass is 9.66. The van der Waals surface area contributed by atoms with Crippen LogP contribution in [0.1, 0.15) is 24.5 Å². The number of hydrogen-bond donors (Lipinski definition) is 1. The maximum absolute atomic E-state index is 3.60. The Morgan fingerprint density at radius 1 is 0.952 bits per heavy atom. The average Bonchev–Trinajstić information content (AvgIpc) is 2.52. The van der Waals surface area contributed by atoms with E-state index in [9.17, 15) is 0 Å². The van der Waals surface area contributed by atoms with Crippen LogP contribution in [0.25, 0.3) is 0 Å². The molecule has 1 fully saturated rings. The van der Waals surface area contributed by atoms with Crippen LogP contribution in [0.2, 0.25) is 0 Å². The summed E-state index contributed by atoms with van der Waals surface area (Å²) in [5.41, 5.74) is 3.33. The van der Waals surface area contributed by atoms with Crippen molar-refractivity contribution in [2.24, 2.45) is 11.3 Å². The van der Waals surface area contributed by atoms with E-state index in [-0.39, 0.29) is 0 Å². The Bertz CT molecular complexity index is 549. The zero-order valence-electron chi connectivity index (χ0n) is 12.9. The summed E-state index contributed by atoms with van der Waals surface area (Å²) < 4.78 is 0. The highest BCUT2D eigenvalue weighted by molar-refractivity contribution is 5.19. The first-order chi connectivity index (χ1) is 10.3. The van der Waals surface area contributed by atoms with E-state index >= 15 is 0 Å².